The molecule has 10 heavy (non-hydrogen) atoms. The van der Waals surface area contributed by atoms with Crippen molar-refractivity contribution in [3.63, 3.8) is 0 Å². The minimum atomic E-state index is -1.07. The average Bonchev–Trinajstić information content (AvgIpc) is 1.85. The number of Topliss-reactive ketones (excluding diaryl/α,β-unsaturated/α-hetero) is 1. The number of carbonyl (C=O) groups excluding carboxylic acids is 3. The van der Waals surface area contributed by atoms with Crippen LogP contribution in [-0.4, -0.2) is 17.7 Å². The Morgan fingerprint density at radius 2 is 1.90 bits per heavy atom. The van der Waals surface area contributed by atoms with Crippen LogP contribution in [0, 0.1) is 0 Å². The van der Waals surface area contributed by atoms with Crippen LogP contribution in [0.15, 0.2) is 0 Å². The zero-order valence-electron chi connectivity index (χ0n) is 5.25. The molecular formula is C5H5MoO4. The Morgan fingerprint density at radius 1 is 1.40 bits per heavy atom. The molecule has 4 nitrogen and oxygen atoms in total. The molecule has 0 spiro atoms. The van der Waals surface area contributed by atoms with E-state index in [0.29, 0.717) is 0 Å². The predicted octanol–water partition coefficient (Wildman–Crippen LogP) is -0.390. The van der Waals surface area contributed by atoms with Gasteiger partial charge in [0.15, 0.2) is 0 Å². The number of rotatable bonds is 2. The Morgan fingerprint density at radius 3 is 2.20 bits per heavy atom. The summed E-state index contributed by atoms with van der Waals surface area (Å²) in [5.74, 6) is -2.51. The second kappa shape index (κ2) is 4.34. The number of ether oxygens (including phenoxy) is 1. The summed E-state index contributed by atoms with van der Waals surface area (Å²) in [5.41, 5.74) is 0. The van der Waals surface area contributed by atoms with Gasteiger partial charge in [0.05, 0.1) is 0 Å². The molecule has 0 rings (SSSR count). The van der Waals surface area contributed by atoms with Gasteiger partial charge in [0.2, 0.25) is 0 Å². The Kier molecular flexibility index (Phi) is 4.12. The summed E-state index contributed by atoms with van der Waals surface area (Å²) in [6.45, 7) is 1.07. The summed E-state index contributed by atoms with van der Waals surface area (Å²) in [5, 5.41) is 0. The molecular weight excluding hydrogens is 220 g/mol. The van der Waals surface area contributed by atoms with Crippen molar-refractivity contribution in [3.8, 4) is 0 Å². The van der Waals surface area contributed by atoms with E-state index in [2.05, 4.69) is 4.74 Å². The van der Waals surface area contributed by atoms with Crippen molar-refractivity contribution in [1.82, 2.24) is 0 Å². The van der Waals surface area contributed by atoms with E-state index in [1.165, 1.54) is 19.8 Å². The van der Waals surface area contributed by atoms with Crippen LogP contribution >= 0.6 is 0 Å². The Bertz CT molecular complexity index is 174. The Hall–Kier alpha value is -0.502. The molecule has 0 heterocycles. The van der Waals surface area contributed by atoms with Crippen LogP contribution in [0.25, 0.3) is 0 Å². The molecule has 0 radical (unpaired) electrons. The Labute approximate surface area is 68.8 Å². The van der Waals surface area contributed by atoms with Crippen LogP contribution < -0.4 is 0 Å². The third-order valence-corrected chi connectivity index (χ3v) is 1.24. The van der Waals surface area contributed by atoms with Crippen LogP contribution in [0.5, 0.6) is 0 Å². The molecule has 0 aromatic carbocycles. The van der Waals surface area contributed by atoms with Gasteiger partial charge < -0.3 is 0 Å². The van der Waals surface area contributed by atoms with Gasteiger partial charge in [-0.05, 0) is 0 Å². The molecule has 0 amide bonds. The SMILES string of the molecule is CC(=O)OC(=O)C(=O)[CH2][Mo]. The van der Waals surface area contributed by atoms with Crippen LogP contribution in [0.2, 0.25) is 4.81 Å². The first kappa shape index (κ1) is 9.50. The number of hydrogen-bond acceptors (Lipinski definition) is 4. The van der Waals surface area contributed by atoms with Crippen molar-refractivity contribution in [2.24, 2.45) is 0 Å². The fourth-order valence-corrected chi connectivity index (χ4v) is 0.536. The molecule has 0 fully saturated rings. The van der Waals surface area contributed by atoms with Crippen molar-refractivity contribution >= 4 is 17.7 Å². The maximum absolute atomic E-state index is 10.4. The van der Waals surface area contributed by atoms with Crippen LogP contribution in [-0.2, 0) is 38.9 Å². The molecule has 0 aliphatic heterocycles. The van der Waals surface area contributed by atoms with Gasteiger partial charge in [-0.25, -0.2) is 0 Å². The molecule has 55 valence electrons. The normalized spacial score (nSPS) is 8.50. The van der Waals surface area contributed by atoms with E-state index in [4.69, 9.17) is 0 Å². The summed E-state index contributed by atoms with van der Waals surface area (Å²) >= 11 is 1.45. The number of carbonyl (C=O) groups is 3. The summed E-state index contributed by atoms with van der Waals surface area (Å²) in [7, 11) is 0. The second-order valence-electron chi connectivity index (χ2n) is 1.45. The molecule has 0 aromatic heterocycles. The monoisotopic (exact) mass is 227 g/mol. The molecule has 5 heteroatoms. The van der Waals surface area contributed by atoms with Gasteiger partial charge in [-0.3, -0.25) is 0 Å². The van der Waals surface area contributed by atoms with E-state index in [-0.39, 0.29) is 4.81 Å². The first-order valence-electron chi connectivity index (χ1n) is 2.41. The van der Waals surface area contributed by atoms with Gasteiger partial charge in [-0.1, -0.05) is 0 Å². The molecule has 0 unspecified atom stereocenters. The number of esters is 2. The fraction of sp³-hybridized carbons (Fsp3) is 0.400. The zero-order valence-corrected chi connectivity index (χ0v) is 7.26. The fourth-order valence-electron chi connectivity index (χ4n) is 0.246. The third kappa shape index (κ3) is 3.51. The van der Waals surface area contributed by atoms with Gasteiger partial charge >= 0.3 is 68.4 Å². The van der Waals surface area contributed by atoms with E-state index in [1.807, 2.05) is 0 Å². The van der Waals surface area contributed by atoms with Crippen molar-refractivity contribution < 1.29 is 38.9 Å². The van der Waals surface area contributed by atoms with E-state index >= 15 is 0 Å². The minimum absolute atomic E-state index is 0.0716. The molecule has 0 saturated heterocycles. The van der Waals surface area contributed by atoms with E-state index in [0.717, 1.165) is 6.92 Å². The summed E-state index contributed by atoms with van der Waals surface area (Å²) in [6, 6.07) is 0. The standard InChI is InChI=1S/C5H5O4.Mo/c1-3(6)5(8)9-4(2)7;/h1H2,2H3;. The van der Waals surface area contributed by atoms with Crippen molar-refractivity contribution in [2.75, 3.05) is 0 Å². The molecule has 0 N–H and O–H groups in total. The van der Waals surface area contributed by atoms with E-state index < -0.39 is 17.7 Å². The van der Waals surface area contributed by atoms with Gasteiger partial charge in [-0.15, -0.1) is 0 Å². The van der Waals surface area contributed by atoms with Crippen molar-refractivity contribution in [2.45, 2.75) is 11.7 Å². The predicted molar refractivity (Wildman–Crippen MR) is 26.6 cm³/mol. The van der Waals surface area contributed by atoms with Gasteiger partial charge in [0.1, 0.15) is 0 Å². The van der Waals surface area contributed by atoms with Crippen LogP contribution in [0.1, 0.15) is 6.92 Å². The average molecular weight is 225 g/mol. The van der Waals surface area contributed by atoms with E-state index in [1.54, 1.807) is 0 Å². The van der Waals surface area contributed by atoms with Crippen LogP contribution in [0.4, 0.5) is 0 Å². The molecule has 0 bridgehead atoms. The topological polar surface area (TPSA) is 60.4 Å². The second-order valence-corrected chi connectivity index (χ2v) is 2.16. The van der Waals surface area contributed by atoms with Crippen molar-refractivity contribution in [1.29, 1.82) is 0 Å². The number of hydrogen-bond donors (Lipinski definition) is 0. The first-order chi connectivity index (χ1) is 4.57. The molecule has 0 atom stereocenters. The third-order valence-electron chi connectivity index (χ3n) is 0.595. The molecule has 0 aliphatic carbocycles. The Balaban J connectivity index is 3.86. The van der Waals surface area contributed by atoms with Gasteiger partial charge in [-0.2, -0.15) is 0 Å². The zero-order chi connectivity index (χ0) is 8.15. The summed E-state index contributed by atoms with van der Waals surface area (Å²) < 4.78 is 3.98. The summed E-state index contributed by atoms with van der Waals surface area (Å²) in [6.07, 6.45) is 0. The molecule has 0 saturated carbocycles. The maximum atomic E-state index is 10.4. The molecule has 0 aromatic rings. The van der Waals surface area contributed by atoms with Gasteiger partial charge in [0, 0.05) is 0 Å². The van der Waals surface area contributed by atoms with Gasteiger partial charge in [0.25, 0.3) is 0 Å². The molecule has 0 aliphatic rings. The van der Waals surface area contributed by atoms with Crippen molar-refractivity contribution in [3.05, 3.63) is 0 Å². The quantitative estimate of drug-likeness (QED) is 0.278. The summed E-state index contributed by atoms with van der Waals surface area (Å²) in [4.78, 5) is 31.0. The van der Waals surface area contributed by atoms with Crippen LogP contribution in [0.3, 0.4) is 0 Å². The van der Waals surface area contributed by atoms with E-state index in [9.17, 15) is 14.4 Å². The number of ketones is 1. The first-order valence-corrected chi connectivity index (χ1v) is 3.83.